The Morgan fingerprint density at radius 3 is 2.88 bits per heavy atom. The molecule has 3 aromatic heterocycles. The van der Waals surface area contributed by atoms with E-state index in [1.54, 1.807) is 22.8 Å². The highest BCUT2D eigenvalue weighted by Crippen LogP contribution is 2.29. The second-order valence-electron chi connectivity index (χ2n) is 5.60. The zero-order valence-corrected chi connectivity index (χ0v) is 13.7. The number of nitrogens with zero attached hydrogens (tertiary/aromatic N) is 5. The summed E-state index contributed by atoms with van der Waals surface area (Å²) in [5.41, 5.74) is 2.45. The molecule has 1 N–H and O–H groups in total. The van der Waals surface area contributed by atoms with Crippen LogP contribution in [0.1, 0.15) is 5.69 Å². The van der Waals surface area contributed by atoms with E-state index >= 15 is 0 Å². The summed E-state index contributed by atoms with van der Waals surface area (Å²) in [6.07, 6.45) is 5.08. The fourth-order valence-electron chi connectivity index (χ4n) is 2.79. The Morgan fingerprint density at radius 2 is 2.00 bits per heavy atom. The number of fused-ring (bicyclic) bond motifs is 1. The number of imidazole rings is 1. The Balaban J connectivity index is 1.70. The van der Waals surface area contributed by atoms with Crippen molar-refractivity contribution < 1.29 is 14.6 Å². The summed E-state index contributed by atoms with van der Waals surface area (Å²) >= 11 is 0. The normalized spacial score (nSPS) is 10.9. The lowest BCUT2D eigenvalue weighted by Crippen LogP contribution is -2.11. The molecule has 0 unspecified atom stereocenters. The second-order valence-corrected chi connectivity index (χ2v) is 5.60. The standard InChI is InChI=1S/C18H15N5O3/c24-17(25)11-26-15-6-2-1-5-14(15)18-19-8-9-22(18)10-13-4-3-7-16-20-12-21-23(13)16/h1-9,12H,10-11H2,(H,24,25). The fraction of sp³-hybridized carbons (Fsp3) is 0.111. The van der Waals surface area contributed by atoms with Gasteiger partial charge in [0.15, 0.2) is 12.3 Å². The van der Waals surface area contributed by atoms with E-state index in [2.05, 4.69) is 15.1 Å². The van der Waals surface area contributed by atoms with Crippen LogP contribution in [0, 0.1) is 0 Å². The SMILES string of the molecule is O=C(O)COc1ccccc1-c1nccn1Cc1cccc2ncnn12. The zero-order chi connectivity index (χ0) is 17.9. The van der Waals surface area contributed by atoms with E-state index in [9.17, 15) is 4.79 Å². The third kappa shape index (κ3) is 3.00. The van der Waals surface area contributed by atoms with Crippen molar-refractivity contribution >= 4 is 11.6 Å². The molecule has 0 aliphatic rings. The molecule has 0 fully saturated rings. The van der Waals surface area contributed by atoms with Crippen LogP contribution in [0.3, 0.4) is 0 Å². The smallest absolute Gasteiger partial charge is 0.341 e. The zero-order valence-electron chi connectivity index (χ0n) is 13.7. The topological polar surface area (TPSA) is 94.5 Å². The average molecular weight is 349 g/mol. The van der Waals surface area contributed by atoms with Gasteiger partial charge in [0, 0.05) is 12.4 Å². The highest BCUT2D eigenvalue weighted by molar-refractivity contribution is 5.70. The first kappa shape index (κ1) is 15.8. The number of benzene rings is 1. The second kappa shape index (κ2) is 6.67. The molecule has 26 heavy (non-hydrogen) atoms. The lowest BCUT2D eigenvalue weighted by Gasteiger charge is -2.12. The molecule has 0 bridgehead atoms. The highest BCUT2D eigenvalue weighted by atomic mass is 16.5. The van der Waals surface area contributed by atoms with Crippen molar-refractivity contribution in [2.45, 2.75) is 6.54 Å². The van der Waals surface area contributed by atoms with Crippen molar-refractivity contribution in [1.82, 2.24) is 24.1 Å². The maximum Gasteiger partial charge on any atom is 0.341 e. The summed E-state index contributed by atoms with van der Waals surface area (Å²) in [6.45, 7) is 0.124. The van der Waals surface area contributed by atoms with Crippen molar-refractivity contribution in [2.24, 2.45) is 0 Å². The van der Waals surface area contributed by atoms with Crippen LogP contribution in [0.2, 0.25) is 0 Å². The Kier molecular flexibility index (Phi) is 4.06. The summed E-state index contributed by atoms with van der Waals surface area (Å²) in [4.78, 5) is 19.4. The molecule has 8 heteroatoms. The number of para-hydroxylation sites is 1. The Morgan fingerprint density at radius 1 is 1.12 bits per heavy atom. The van der Waals surface area contributed by atoms with Gasteiger partial charge in [0.05, 0.1) is 17.8 Å². The number of hydrogen-bond donors (Lipinski definition) is 1. The van der Waals surface area contributed by atoms with Crippen LogP contribution in [0.4, 0.5) is 0 Å². The van der Waals surface area contributed by atoms with Gasteiger partial charge in [-0.1, -0.05) is 18.2 Å². The van der Waals surface area contributed by atoms with Gasteiger partial charge < -0.3 is 14.4 Å². The van der Waals surface area contributed by atoms with Gasteiger partial charge in [-0.2, -0.15) is 5.10 Å². The van der Waals surface area contributed by atoms with Gasteiger partial charge in [0.1, 0.15) is 17.9 Å². The van der Waals surface area contributed by atoms with Gasteiger partial charge in [0.2, 0.25) is 0 Å². The first-order valence-electron chi connectivity index (χ1n) is 7.95. The third-order valence-electron chi connectivity index (χ3n) is 3.91. The molecule has 0 saturated carbocycles. The maximum atomic E-state index is 10.8. The molecular formula is C18H15N5O3. The third-order valence-corrected chi connectivity index (χ3v) is 3.91. The van der Waals surface area contributed by atoms with E-state index in [1.165, 1.54) is 6.33 Å². The summed E-state index contributed by atoms with van der Waals surface area (Å²) < 4.78 is 9.14. The molecule has 0 spiro atoms. The first-order valence-corrected chi connectivity index (χ1v) is 7.95. The number of ether oxygens (including phenoxy) is 1. The van der Waals surface area contributed by atoms with E-state index in [4.69, 9.17) is 9.84 Å². The molecule has 0 atom stereocenters. The number of carboxylic acid groups (broad SMARTS) is 1. The van der Waals surface area contributed by atoms with E-state index in [1.807, 2.05) is 41.1 Å². The highest BCUT2D eigenvalue weighted by Gasteiger charge is 2.14. The van der Waals surface area contributed by atoms with Crippen LogP contribution in [0.15, 0.2) is 61.2 Å². The molecule has 0 aliphatic heterocycles. The Hall–Kier alpha value is -3.68. The van der Waals surface area contributed by atoms with Gasteiger partial charge in [0.25, 0.3) is 0 Å². The molecular weight excluding hydrogens is 334 g/mol. The molecule has 3 heterocycles. The molecule has 4 rings (SSSR count). The molecule has 1 aromatic carbocycles. The number of aliphatic carboxylic acids is 1. The molecule has 0 aliphatic carbocycles. The number of carbonyl (C=O) groups is 1. The molecule has 0 saturated heterocycles. The van der Waals surface area contributed by atoms with Crippen LogP contribution >= 0.6 is 0 Å². The summed E-state index contributed by atoms with van der Waals surface area (Å²) in [5, 5.41) is 13.1. The van der Waals surface area contributed by atoms with E-state index < -0.39 is 12.6 Å². The minimum Gasteiger partial charge on any atom is -0.481 e. The Bertz CT molecular complexity index is 1070. The number of hydrogen-bond acceptors (Lipinski definition) is 5. The predicted octanol–water partition coefficient (Wildman–Crippen LogP) is 2.10. The molecule has 0 amide bonds. The van der Waals surface area contributed by atoms with Gasteiger partial charge in [-0.25, -0.2) is 19.3 Å². The number of carboxylic acids is 1. The van der Waals surface area contributed by atoms with Crippen molar-refractivity contribution in [1.29, 1.82) is 0 Å². The molecule has 0 radical (unpaired) electrons. The van der Waals surface area contributed by atoms with Crippen LogP contribution in [-0.4, -0.2) is 41.8 Å². The van der Waals surface area contributed by atoms with Crippen molar-refractivity contribution in [3.63, 3.8) is 0 Å². The van der Waals surface area contributed by atoms with Crippen molar-refractivity contribution in [3.8, 4) is 17.1 Å². The molecule has 8 nitrogen and oxygen atoms in total. The number of aromatic nitrogens is 5. The monoisotopic (exact) mass is 349 g/mol. The quantitative estimate of drug-likeness (QED) is 0.573. The van der Waals surface area contributed by atoms with Gasteiger partial charge in [-0.3, -0.25) is 0 Å². The van der Waals surface area contributed by atoms with Crippen molar-refractivity contribution in [2.75, 3.05) is 6.61 Å². The maximum absolute atomic E-state index is 10.8. The largest absolute Gasteiger partial charge is 0.481 e. The van der Waals surface area contributed by atoms with Gasteiger partial charge >= 0.3 is 5.97 Å². The summed E-state index contributed by atoms with van der Waals surface area (Å²) in [6, 6.07) is 13.0. The Labute approximate surface area is 148 Å². The molecule has 4 aromatic rings. The van der Waals surface area contributed by atoms with E-state index in [-0.39, 0.29) is 0 Å². The lowest BCUT2D eigenvalue weighted by molar-refractivity contribution is -0.139. The van der Waals surface area contributed by atoms with Crippen LogP contribution < -0.4 is 4.74 Å². The van der Waals surface area contributed by atoms with Gasteiger partial charge in [-0.15, -0.1) is 0 Å². The van der Waals surface area contributed by atoms with Crippen molar-refractivity contribution in [3.05, 3.63) is 66.9 Å². The lowest BCUT2D eigenvalue weighted by atomic mass is 10.2. The number of rotatable bonds is 6. The summed E-state index contributed by atoms with van der Waals surface area (Å²) in [5.74, 6) is 0.130. The van der Waals surface area contributed by atoms with Crippen LogP contribution in [-0.2, 0) is 11.3 Å². The van der Waals surface area contributed by atoms with Gasteiger partial charge in [-0.05, 0) is 24.3 Å². The number of pyridine rings is 1. The van der Waals surface area contributed by atoms with Crippen LogP contribution in [0.25, 0.3) is 17.0 Å². The van der Waals surface area contributed by atoms with E-state index in [0.29, 0.717) is 18.1 Å². The predicted molar refractivity (Wildman–Crippen MR) is 92.9 cm³/mol. The average Bonchev–Trinajstić information content (AvgIpc) is 3.30. The molecule has 130 valence electrons. The summed E-state index contributed by atoms with van der Waals surface area (Å²) in [7, 11) is 0. The minimum atomic E-state index is -1.03. The minimum absolute atomic E-state index is 0.407. The fourth-order valence-corrected chi connectivity index (χ4v) is 2.79. The first-order chi connectivity index (χ1) is 12.7. The van der Waals surface area contributed by atoms with E-state index in [0.717, 1.165) is 16.9 Å². The van der Waals surface area contributed by atoms with Crippen LogP contribution in [0.5, 0.6) is 5.75 Å².